The molecule has 7 heteroatoms. The maximum atomic E-state index is 12.6. The van der Waals surface area contributed by atoms with Gasteiger partial charge in [0.1, 0.15) is 18.7 Å². The van der Waals surface area contributed by atoms with Crippen LogP contribution in [-0.2, 0) is 12.0 Å². The quantitative estimate of drug-likeness (QED) is 0.658. The number of para-hydroxylation sites is 1. The van der Waals surface area contributed by atoms with Crippen molar-refractivity contribution in [1.29, 1.82) is 0 Å². The molecular weight excluding hydrogens is 332 g/mol. The molecule has 0 N–H and O–H groups in total. The summed E-state index contributed by atoms with van der Waals surface area (Å²) in [4.78, 5) is 28.5. The Hall–Kier alpha value is -2.96. The van der Waals surface area contributed by atoms with Crippen LogP contribution < -0.4 is 10.4 Å². The Morgan fingerprint density at radius 2 is 1.96 bits per heavy atom. The van der Waals surface area contributed by atoms with Gasteiger partial charge in [0, 0.05) is 11.5 Å². The van der Waals surface area contributed by atoms with Gasteiger partial charge in [0.15, 0.2) is 11.4 Å². The molecule has 0 amide bonds. The number of hydrogen-bond acceptors (Lipinski definition) is 5. The van der Waals surface area contributed by atoms with Crippen LogP contribution in [0.4, 0.5) is 0 Å². The number of hydrogen-bond donors (Lipinski definition) is 0. The zero-order chi connectivity index (χ0) is 18.9. The Labute approximate surface area is 151 Å². The molecular formula is C19H22N4O3. The summed E-state index contributed by atoms with van der Waals surface area (Å²) in [6, 6.07) is 8.88. The highest BCUT2D eigenvalue weighted by atomic mass is 16.5. The largest absolute Gasteiger partial charge is 0.491 e. The summed E-state index contributed by atoms with van der Waals surface area (Å²) in [5.74, 6) is 0.447. The summed E-state index contributed by atoms with van der Waals surface area (Å²) in [7, 11) is 0. The SMILES string of the molecule is CC(=O)c1ccccc1OCCn1cnc2cc(C(C)(C)C)nn2c1=O. The van der Waals surface area contributed by atoms with Crippen LogP contribution in [0.2, 0.25) is 0 Å². The van der Waals surface area contributed by atoms with Crippen molar-refractivity contribution in [3.63, 3.8) is 0 Å². The number of aromatic nitrogens is 4. The highest BCUT2D eigenvalue weighted by Crippen LogP contribution is 2.20. The molecule has 0 aliphatic rings. The van der Waals surface area contributed by atoms with Crippen LogP contribution in [0.1, 0.15) is 43.7 Å². The van der Waals surface area contributed by atoms with Crippen molar-refractivity contribution in [3.8, 4) is 5.75 Å². The van der Waals surface area contributed by atoms with Crippen LogP contribution in [0.5, 0.6) is 5.75 Å². The second-order valence-electron chi connectivity index (χ2n) is 7.17. The lowest BCUT2D eigenvalue weighted by atomic mass is 9.93. The van der Waals surface area contributed by atoms with Gasteiger partial charge in [0.25, 0.3) is 0 Å². The smallest absolute Gasteiger partial charge is 0.351 e. The zero-order valence-corrected chi connectivity index (χ0v) is 15.4. The van der Waals surface area contributed by atoms with Gasteiger partial charge >= 0.3 is 5.69 Å². The lowest BCUT2D eigenvalue weighted by Crippen LogP contribution is -2.30. The average molecular weight is 354 g/mol. The maximum Gasteiger partial charge on any atom is 0.351 e. The van der Waals surface area contributed by atoms with Gasteiger partial charge in [-0.25, -0.2) is 9.78 Å². The summed E-state index contributed by atoms with van der Waals surface area (Å²) in [5.41, 5.74) is 1.43. The van der Waals surface area contributed by atoms with Gasteiger partial charge in [-0.15, -0.1) is 0 Å². The third-order valence-electron chi connectivity index (χ3n) is 4.07. The fourth-order valence-corrected chi connectivity index (χ4v) is 2.56. The summed E-state index contributed by atoms with van der Waals surface area (Å²) in [5, 5.41) is 4.38. The van der Waals surface area contributed by atoms with E-state index >= 15 is 0 Å². The first kappa shape index (κ1) is 17.8. The zero-order valence-electron chi connectivity index (χ0n) is 15.4. The van der Waals surface area contributed by atoms with Gasteiger partial charge in [-0.05, 0) is 19.1 Å². The molecule has 7 nitrogen and oxygen atoms in total. The van der Waals surface area contributed by atoms with Gasteiger partial charge in [0.05, 0.1) is 17.8 Å². The predicted molar refractivity (Wildman–Crippen MR) is 97.9 cm³/mol. The Morgan fingerprint density at radius 3 is 2.65 bits per heavy atom. The molecule has 26 heavy (non-hydrogen) atoms. The number of ether oxygens (including phenoxy) is 1. The highest BCUT2D eigenvalue weighted by molar-refractivity contribution is 5.96. The molecule has 0 spiro atoms. The Balaban J connectivity index is 1.79. The summed E-state index contributed by atoms with van der Waals surface area (Å²) in [6.07, 6.45) is 1.49. The predicted octanol–water partition coefficient (Wildman–Crippen LogP) is 2.47. The van der Waals surface area contributed by atoms with E-state index in [9.17, 15) is 9.59 Å². The van der Waals surface area contributed by atoms with E-state index in [0.29, 0.717) is 23.5 Å². The van der Waals surface area contributed by atoms with E-state index in [-0.39, 0.29) is 23.5 Å². The van der Waals surface area contributed by atoms with Crippen LogP contribution in [0.25, 0.3) is 5.65 Å². The highest BCUT2D eigenvalue weighted by Gasteiger charge is 2.19. The van der Waals surface area contributed by atoms with Crippen molar-refractivity contribution in [2.45, 2.75) is 39.7 Å². The van der Waals surface area contributed by atoms with Crippen LogP contribution in [-0.4, -0.2) is 31.6 Å². The standard InChI is InChI=1S/C19H22N4O3/c1-13(24)14-7-5-6-8-15(14)26-10-9-22-12-20-17-11-16(19(2,3)4)21-23(17)18(22)25/h5-8,11-12H,9-10H2,1-4H3. The fraction of sp³-hybridized carbons (Fsp3) is 0.368. The minimum Gasteiger partial charge on any atom is -0.491 e. The van der Waals surface area contributed by atoms with Crippen LogP contribution in [0, 0.1) is 0 Å². The first-order valence-electron chi connectivity index (χ1n) is 8.46. The van der Waals surface area contributed by atoms with Crippen LogP contribution >= 0.6 is 0 Å². The third-order valence-corrected chi connectivity index (χ3v) is 4.07. The molecule has 0 aliphatic heterocycles. The number of nitrogens with zero attached hydrogens (tertiary/aromatic N) is 4. The Morgan fingerprint density at radius 1 is 1.23 bits per heavy atom. The van der Waals surface area contributed by atoms with E-state index in [1.54, 1.807) is 24.3 Å². The second-order valence-corrected chi connectivity index (χ2v) is 7.17. The number of rotatable bonds is 5. The molecule has 136 valence electrons. The molecule has 3 aromatic rings. The van der Waals surface area contributed by atoms with E-state index in [1.165, 1.54) is 22.3 Å². The molecule has 1 aromatic carbocycles. The summed E-state index contributed by atoms with van der Waals surface area (Å²) in [6.45, 7) is 8.15. The number of fused-ring (bicyclic) bond motifs is 1. The van der Waals surface area contributed by atoms with E-state index in [2.05, 4.69) is 10.1 Å². The first-order chi connectivity index (χ1) is 12.3. The van der Waals surface area contributed by atoms with Crippen molar-refractivity contribution in [2.24, 2.45) is 0 Å². The second kappa shape index (κ2) is 6.74. The Bertz CT molecular complexity index is 1010. The third kappa shape index (κ3) is 3.51. The maximum absolute atomic E-state index is 12.6. The van der Waals surface area contributed by atoms with Gasteiger partial charge in [-0.2, -0.15) is 9.61 Å². The molecule has 0 fully saturated rings. The van der Waals surface area contributed by atoms with Crippen LogP contribution in [0.15, 0.2) is 41.5 Å². The van der Waals surface area contributed by atoms with Crippen molar-refractivity contribution < 1.29 is 9.53 Å². The number of carbonyl (C=O) groups is 1. The van der Waals surface area contributed by atoms with Crippen LogP contribution in [0.3, 0.4) is 0 Å². The van der Waals surface area contributed by atoms with Crippen molar-refractivity contribution >= 4 is 11.4 Å². The number of benzene rings is 1. The van der Waals surface area contributed by atoms with E-state index < -0.39 is 0 Å². The number of carbonyl (C=O) groups excluding carboxylic acids is 1. The van der Waals surface area contributed by atoms with E-state index in [1.807, 2.05) is 26.8 Å². The fourth-order valence-electron chi connectivity index (χ4n) is 2.56. The molecule has 0 unspecified atom stereocenters. The van der Waals surface area contributed by atoms with Gasteiger partial charge in [0.2, 0.25) is 0 Å². The molecule has 0 aliphatic carbocycles. The van der Waals surface area contributed by atoms with Crippen molar-refractivity contribution in [2.75, 3.05) is 6.61 Å². The Kier molecular flexibility index (Phi) is 4.63. The van der Waals surface area contributed by atoms with Crippen molar-refractivity contribution in [3.05, 3.63) is 58.4 Å². The molecule has 0 atom stereocenters. The number of ketones is 1. The lowest BCUT2D eigenvalue weighted by Gasteiger charge is -2.13. The van der Waals surface area contributed by atoms with E-state index in [4.69, 9.17) is 4.74 Å². The molecule has 0 radical (unpaired) electrons. The molecule has 2 heterocycles. The van der Waals surface area contributed by atoms with Crippen molar-refractivity contribution in [1.82, 2.24) is 19.2 Å². The monoisotopic (exact) mass is 354 g/mol. The number of Topliss-reactive ketones (excluding diaryl/α,β-unsaturated/α-hetero) is 1. The minimum absolute atomic E-state index is 0.0629. The average Bonchev–Trinajstić information content (AvgIpc) is 3.03. The molecule has 3 rings (SSSR count). The van der Waals surface area contributed by atoms with Gasteiger partial charge in [-0.3, -0.25) is 9.36 Å². The van der Waals surface area contributed by atoms with Gasteiger partial charge in [-0.1, -0.05) is 32.9 Å². The molecule has 0 saturated heterocycles. The summed E-state index contributed by atoms with van der Waals surface area (Å²) >= 11 is 0. The lowest BCUT2D eigenvalue weighted by molar-refractivity contribution is 0.101. The normalized spacial score (nSPS) is 11.7. The molecule has 0 bridgehead atoms. The van der Waals surface area contributed by atoms with Gasteiger partial charge < -0.3 is 4.74 Å². The molecule has 2 aromatic heterocycles. The minimum atomic E-state index is -0.269. The first-order valence-corrected chi connectivity index (χ1v) is 8.46. The molecule has 0 saturated carbocycles. The summed E-state index contributed by atoms with van der Waals surface area (Å²) < 4.78 is 8.45. The topological polar surface area (TPSA) is 78.5 Å². The van der Waals surface area contributed by atoms with E-state index in [0.717, 1.165) is 5.69 Å².